The molecule has 1 fully saturated rings. The maximum absolute atomic E-state index is 13.3. The monoisotopic (exact) mass is 664 g/mol. The van der Waals surface area contributed by atoms with Crippen molar-refractivity contribution in [3.63, 3.8) is 0 Å². The summed E-state index contributed by atoms with van der Waals surface area (Å²) in [5, 5.41) is 0. The number of allylic oxidation sites excluding steroid dienone is 1. The van der Waals surface area contributed by atoms with Gasteiger partial charge in [-0.3, -0.25) is 14.4 Å². The number of benzene rings is 2. The number of hydrogen-bond acceptors (Lipinski definition) is 11. The molecule has 5 atom stereocenters. The van der Waals surface area contributed by atoms with Gasteiger partial charge in [-0.25, -0.2) is 9.59 Å². The van der Waals surface area contributed by atoms with Crippen molar-refractivity contribution in [1.82, 2.24) is 0 Å². The largest absolute Gasteiger partial charge is 0.467 e. The molecule has 1 heterocycles. The third kappa shape index (κ3) is 8.13. The van der Waals surface area contributed by atoms with E-state index in [0.29, 0.717) is 0 Å². The van der Waals surface area contributed by atoms with Crippen molar-refractivity contribution in [3.05, 3.63) is 70.3 Å². The number of rotatable bonds is 8. The molecular weight excluding hydrogens is 620 g/mol. The molecule has 1 unspecified atom stereocenters. The van der Waals surface area contributed by atoms with E-state index in [2.05, 4.69) is 45.9 Å². The fourth-order valence-corrected chi connectivity index (χ4v) is 6.23. The molecule has 4 rings (SSSR count). The van der Waals surface area contributed by atoms with Crippen LogP contribution in [0.4, 0.5) is 0 Å². The average Bonchev–Trinajstić information content (AvgIpc) is 3.01. The molecule has 2 aromatic rings. The van der Waals surface area contributed by atoms with E-state index in [-0.39, 0.29) is 16.4 Å². The van der Waals surface area contributed by atoms with Crippen molar-refractivity contribution in [3.8, 4) is 0 Å². The summed E-state index contributed by atoms with van der Waals surface area (Å²) in [4.78, 5) is 61.9. The standard InChI is InChI=1S/C37H44O11/c1-20(26-14-15-27-28(19-26)37(7,8)17-16-36(27,5)6)18-24-10-12-25(13-11-24)33(41)48-35-32(46-23(4)40)30(45-22(3)39)29(44-21(2)38)31(47-35)34(42)43-9/h10-15,18-19,29-32,35H,16-17H2,1-9H3/t29-,30-,31-,32+,35?/m0/s1. The highest BCUT2D eigenvalue weighted by Gasteiger charge is 2.56. The van der Waals surface area contributed by atoms with Crippen molar-refractivity contribution in [2.75, 3.05) is 7.11 Å². The zero-order valence-corrected chi connectivity index (χ0v) is 28.9. The maximum Gasteiger partial charge on any atom is 0.340 e. The van der Waals surface area contributed by atoms with Crippen LogP contribution in [-0.4, -0.2) is 67.7 Å². The number of hydrogen-bond donors (Lipinski definition) is 0. The third-order valence-electron chi connectivity index (χ3n) is 8.90. The number of ether oxygens (including phenoxy) is 6. The second-order valence-corrected chi connectivity index (χ2v) is 13.6. The first kappa shape index (κ1) is 36.3. The fraction of sp³-hybridized carbons (Fsp3) is 0.486. The summed E-state index contributed by atoms with van der Waals surface area (Å²) in [6.07, 6.45) is -3.85. The molecule has 11 heteroatoms. The van der Waals surface area contributed by atoms with Crippen molar-refractivity contribution >= 4 is 41.5 Å². The summed E-state index contributed by atoms with van der Waals surface area (Å²) in [7, 11) is 1.07. The molecule has 1 saturated heterocycles. The normalized spacial score (nSPS) is 24.4. The predicted molar refractivity (Wildman–Crippen MR) is 174 cm³/mol. The average molecular weight is 665 g/mol. The van der Waals surface area contributed by atoms with E-state index in [4.69, 9.17) is 28.4 Å². The molecule has 0 saturated carbocycles. The van der Waals surface area contributed by atoms with Gasteiger partial charge >= 0.3 is 29.8 Å². The molecule has 0 spiro atoms. The van der Waals surface area contributed by atoms with Crippen LogP contribution in [0, 0.1) is 0 Å². The van der Waals surface area contributed by atoms with Gasteiger partial charge < -0.3 is 28.4 Å². The first-order valence-electron chi connectivity index (χ1n) is 15.8. The maximum atomic E-state index is 13.3. The number of carbonyl (C=O) groups excluding carboxylic acids is 5. The summed E-state index contributed by atoms with van der Waals surface area (Å²) in [6.45, 7) is 14.4. The molecule has 2 aromatic carbocycles. The van der Waals surface area contributed by atoms with Gasteiger partial charge in [0, 0.05) is 20.8 Å². The lowest BCUT2D eigenvalue weighted by Gasteiger charge is -2.42. The van der Waals surface area contributed by atoms with Gasteiger partial charge in [0.15, 0.2) is 18.3 Å². The Balaban J connectivity index is 1.58. The van der Waals surface area contributed by atoms with Crippen LogP contribution in [0.1, 0.15) is 101 Å². The summed E-state index contributed by atoms with van der Waals surface area (Å²) in [5.41, 5.74) is 6.10. The minimum absolute atomic E-state index is 0.0795. The molecule has 0 radical (unpaired) electrons. The minimum Gasteiger partial charge on any atom is -0.467 e. The quantitative estimate of drug-likeness (QED) is 0.202. The summed E-state index contributed by atoms with van der Waals surface area (Å²) < 4.78 is 31.9. The number of carbonyl (C=O) groups is 5. The van der Waals surface area contributed by atoms with Gasteiger partial charge in [-0.15, -0.1) is 0 Å². The van der Waals surface area contributed by atoms with Gasteiger partial charge in [0.05, 0.1) is 12.7 Å². The van der Waals surface area contributed by atoms with E-state index in [9.17, 15) is 24.0 Å². The van der Waals surface area contributed by atoms with Crippen molar-refractivity contribution in [2.45, 2.75) is 110 Å². The van der Waals surface area contributed by atoms with Crippen LogP contribution in [0.3, 0.4) is 0 Å². The van der Waals surface area contributed by atoms with Crippen LogP contribution >= 0.6 is 0 Å². The van der Waals surface area contributed by atoms with E-state index in [1.54, 1.807) is 24.3 Å². The molecule has 1 aliphatic carbocycles. The highest BCUT2D eigenvalue weighted by Crippen LogP contribution is 2.46. The molecule has 2 aliphatic rings. The van der Waals surface area contributed by atoms with Crippen molar-refractivity contribution in [1.29, 1.82) is 0 Å². The second-order valence-electron chi connectivity index (χ2n) is 13.6. The van der Waals surface area contributed by atoms with Crippen LogP contribution in [0.2, 0.25) is 0 Å². The summed E-state index contributed by atoms with van der Waals surface area (Å²) in [6, 6.07) is 13.3. The molecule has 0 N–H and O–H groups in total. The number of fused-ring (bicyclic) bond motifs is 1. The molecule has 0 bridgehead atoms. The Morgan fingerprint density at radius 3 is 1.77 bits per heavy atom. The summed E-state index contributed by atoms with van der Waals surface area (Å²) in [5.74, 6) is -4.39. The predicted octanol–water partition coefficient (Wildman–Crippen LogP) is 5.45. The topological polar surface area (TPSA) is 141 Å². The SMILES string of the molecule is COC(=O)[C@H]1OC(OC(=O)c2ccc(C=C(C)c3ccc4c(c3)C(C)(C)CCC4(C)C)cc2)[C@H](OC(C)=O)[C@@H](OC(C)=O)[C@@H]1OC(C)=O. The number of methoxy groups -OCH3 is 1. The molecule has 0 aromatic heterocycles. The minimum atomic E-state index is -1.73. The van der Waals surface area contributed by atoms with Crippen LogP contribution in [-0.2, 0) is 58.4 Å². The Labute approximate surface area is 280 Å². The Morgan fingerprint density at radius 1 is 0.688 bits per heavy atom. The fourth-order valence-electron chi connectivity index (χ4n) is 6.23. The molecule has 1 aliphatic heterocycles. The molecule has 11 nitrogen and oxygen atoms in total. The summed E-state index contributed by atoms with van der Waals surface area (Å²) >= 11 is 0. The Kier molecular flexibility index (Phi) is 10.8. The van der Waals surface area contributed by atoms with Crippen LogP contribution in [0.25, 0.3) is 11.6 Å². The molecule has 258 valence electrons. The van der Waals surface area contributed by atoms with Gasteiger partial charge in [-0.1, -0.05) is 64.1 Å². The first-order valence-corrected chi connectivity index (χ1v) is 15.8. The lowest BCUT2D eigenvalue weighted by molar-refractivity contribution is -0.288. The molecular formula is C37H44O11. The zero-order chi connectivity index (χ0) is 35.6. The van der Waals surface area contributed by atoms with Gasteiger partial charge in [0.25, 0.3) is 0 Å². The van der Waals surface area contributed by atoms with Crippen molar-refractivity contribution < 1.29 is 52.4 Å². The van der Waals surface area contributed by atoms with Gasteiger partial charge in [-0.2, -0.15) is 0 Å². The first-order chi connectivity index (χ1) is 22.4. The Bertz CT molecular complexity index is 1600. The molecule has 0 amide bonds. The van der Waals surface area contributed by atoms with E-state index >= 15 is 0 Å². The van der Waals surface area contributed by atoms with Crippen LogP contribution in [0.5, 0.6) is 0 Å². The van der Waals surface area contributed by atoms with E-state index < -0.39 is 60.6 Å². The van der Waals surface area contributed by atoms with E-state index in [0.717, 1.165) is 57.4 Å². The van der Waals surface area contributed by atoms with E-state index in [1.807, 2.05) is 13.0 Å². The van der Waals surface area contributed by atoms with Crippen LogP contribution < -0.4 is 0 Å². The highest BCUT2D eigenvalue weighted by atomic mass is 16.7. The van der Waals surface area contributed by atoms with E-state index in [1.165, 1.54) is 11.1 Å². The van der Waals surface area contributed by atoms with Gasteiger partial charge in [-0.05, 0) is 70.6 Å². The van der Waals surface area contributed by atoms with Crippen molar-refractivity contribution in [2.24, 2.45) is 0 Å². The number of esters is 5. The Hall–Kier alpha value is -4.51. The van der Waals surface area contributed by atoms with Gasteiger partial charge in [0.1, 0.15) is 0 Å². The second kappa shape index (κ2) is 14.3. The highest BCUT2D eigenvalue weighted by molar-refractivity contribution is 5.90. The van der Waals surface area contributed by atoms with Gasteiger partial charge in [0.2, 0.25) is 12.4 Å². The zero-order valence-electron chi connectivity index (χ0n) is 28.9. The Morgan fingerprint density at radius 2 is 1.21 bits per heavy atom. The molecule has 48 heavy (non-hydrogen) atoms. The smallest absolute Gasteiger partial charge is 0.340 e. The van der Waals surface area contributed by atoms with Crippen LogP contribution in [0.15, 0.2) is 42.5 Å². The third-order valence-corrected chi connectivity index (χ3v) is 8.90. The lowest BCUT2D eigenvalue weighted by atomic mass is 9.63. The lowest BCUT2D eigenvalue weighted by Crippen LogP contribution is -2.64.